The van der Waals surface area contributed by atoms with E-state index in [0.29, 0.717) is 6.54 Å². The minimum atomic E-state index is -0.754. The summed E-state index contributed by atoms with van der Waals surface area (Å²) in [5.74, 6) is -0.954. The van der Waals surface area contributed by atoms with Crippen LogP contribution in [0.4, 0.5) is 0 Å². The topological polar surface area (TPSA) is 75.3 Å². The van der Waals surface area contributed by atoms with E-state index in [-0.39, 0.29) is 24.1 Å². The lowest BCUT2D eigenvalue weighted by molar-refractivity contribution is -0.150. The van der Waals surface area contributed by atoms with Crippen molar-refractivity contribution in [1.29, 1.82) is 5.26 Å². The van der Waals surface area contributed by atoms with Crippen molar-refractivity contribution in [1.82, 2.24) is 9.47 Å². The lowest BCUT2D eigenvalue weighted by atomic mass is 10.0. The Morgan fingerprint density at radius 2 is 2.11 bits per heavy atom. The SMILES string of the molecule is CCCn1c(C)cc(/C=C(\C#N)C(=O)OCC(=O)N2CCCC[C@H]2C)c1C. The Bertz CT molecular complexity index is 770. The van der Waals surface area contributed by atoms with Gasteiger partial charge in [-0.3, -0.25) is 4.79 Å². The molecule has 0 unspecified atom stereocenters. The highest BCUT2D eigenvalue weighted by Gasteiger charge is 2.24. The van der Waals surface area contributed by atoms with E-state index in [1.807, 2.05) is 32.9 Å². The number of nitriles is 1. The molecule has 1 amide bonds. The van der Waals surface area contributed by atoms with Crippen LogP contribution in [0.25, 0.3) is 6.08 Å². The normalized spacial score (nSPS) is 17.5. The Hall–Kier alpha value is -2.55. The number of likely N-dealkylation sites (tertiary alicyclic amines) is 1. The van der Waals surface area contributed by atoms with Gasteiger partial charge in [-0.05, 0) is 64.2 Å². The van der Waals surface area contributed by atoms with E-state index in [4.69, 9.17) is 4.74 Å². The Morgan fingerprint density at radius 3 is 2.74 bits per heavy atom. The summed E-state index contributed by atoms with van der Waals surface area (Å²) in [6.07, 6.45) is 5.61. The van der Waals surface area contributed by atoms with E-state index >= 15 is 0 Å². The number of amides is 1. The first-order valence-corrected chi connectivity index (χ1v) is 9.64. The van der Waals surface area contributed by atoms with Crippen LogP contribution >= 0.6 is 0 Å². The van der Waals surface area contributed by atoms with Crippen LogP contribution in [0.5, 0.6) is 0 Å². The number of ether oxygens (including phenoxy) is 1. The van der Waals surface area contributed by atoms with E-state index in [1.165, 1.54) is 0 Å². The summed E-state index contributed by atoms with van der Waals surface area (Å²) in [4.78, 5) is 26.3. The Balaban J connectivity index is 2.05. The molecule has 2 rings (SSSR count). The van der Waals surface area contributed by atoms with Gasteiger partial charge in [0, 0.05) is 30.5 Å². The average Bonchev–Trinajstić information content (AvgIpc) is 2.92. The van der Waals surface area contributed by atoms with Crippen molar-refractivity contribution < 1.29 is 14.3 Å². The summed E-state index contributed by atoms with van der Waals surface area (Å²) in [7, 11) is 0. The molecule has 1 saturated heterocycles. The molecule has 0 N–H and O–H groups in total. The highest BCUT2D eigenvalue weighted by molar-refractivity contribution is 5.99. The first-order valence-electron chi connectivity index (χ1n) is 9.64. The number of nitrogens with zero attached hydrogens (tertiary/aromatic N) is 3. The second-order valence-electron chi connectivity index (χ2n) is 7.16. The molecule has 0 aromatic carbocycles. The fraction of sp³-hybridized carbons (Fsp3) is 0.571. The fourth-order valence-corrected chi connectivity index (χ4v) is 3.59. The molecule has 1 fully saturated rings. The van der Waals surface area contributed by atoms with E-state index in [2.05, 4.69) is 11.5 Å². The first-order chi connectivity index (χ1) is 12.9. The first kappa shape index (κ1) is 20.8. The van der Waals surface area contributed by atoms with E-state index in [9.17, 15) is 14.9 Å². The molecule has 27 heavy (non-hydrogen) atoms. The highest BCUT2D eigenvalue weighted by atomic mass is 16.5. The van der Waals surface area contributed by atoms with Crippen LogP contribution in [0.15, 0.2) is 11.6 Å². The van der Waals surface area contributed by atoms with Crippen LogP contribution in [-0.2, 0) is 20.9 Å². The van der Waals surface area contributed by atoms with Gasteiger partial charge < -0.3 is 14.2 Å². The predicted molar refractivity (Wildman–Crippen MR) is 104 cm³/mol. The molecule has 0 spiro atoms. The second kappa shape index (κ2) is 9.40. The molecule has 1 atom stereocenters. The van der Waals surface area contributed by atoms with Gasteiger partial charge in [0.05, 0.1) is 0 Å². The third-order valence-corrected chi connectivity index (χ3v) is 5.15. The quantitative estimate of drug-likeness (QED) is 0.436. The standard InChI is InChI=1S/C21H29N3O3/c1-5-9-23-16(3)11-18(17(23)4)12-19(13-22)21(26)27-14-20(25)24-10-7-6-8-15(24)2/h11-12,15H,5-10,14H2,1-4H3/b19-12+/t15-/m1/s1. The van der Waals surface area contributed by atoms with Crippen molar-refractivity contribution in [2.24, 2.45) is 0 Å². The average molecular weight is 371 g/mol. The van der Waals surface area contributed by atoms with Crippen molar-refractivity contribution in [2.45, 2.75) is 66.0 Å². The van der Waals surface area contributed by atoms with Gasteiger partial charge in [0.1, 0.15) is 11.6 Å². The zero-order valence-electron chi connectivity index (χ0n) is 16.7. The van der Waals surface area contributed by atoms with Crippen LogP contribution in [0.3, 0.4) is 0 Å². The molecule has 0 bridgehead atoms. The van der Waals surface area contributed by atoms with Gasteiger partial charge in [-0.25, -0.2) is 4.79 Å². The zero-order valence-corrected chi connectivity index (χ0v) is 16.7. The minimum absolute atomic E-state index is 0.0914. The highest BCUT2D eigenvalue weighted by Crippen LogP contribution is 2.20. The summed E-state index contributed by atoms with van der Waals surface area (Å²) in [5.41, 5.74) is 2.82. The molecule has 6 heteroatoms. The largest absolute Gasteiger partial charge is 0.451 e. The number of hydrogen-bond acceptors (Lipinski definition) is 4. The van der Waals surface area contributed by atoms with Crippen LogP contribution in [0.1, 0.15) is 56.5 Å². The van der Waals surface area contributed by atoms with Crippen LogP contribution in [-0.4, -0.2) is 40.5 Å². The number of rotatable bonds is 6. The van der Waals surface area contributed by atoms with Crippen LogP contribution in [0.2, 0.25) is 0 Å². The number of esters is 1. The molecule has 1 aliphatic heterocycles. The van der Waals surface area contributed by atoms with Crippen molar-refractivity contribution in [2.75, 3.05) is 13.2 Å². The maximum absolute atomic E-state index is 12.3. The van der Waals surface area contributed by atoms with Gasteiger partial charge in [0.25, 0.3) is 5.91 Å². The smallest absolute Gasteiger partial charge is 0.349 e. The fourth-order valence-electron chi connectivity index (χ4n) is 3.59. The monoisotopic (exact) mass is 371 g/mol. The van der Waals surface area contributed by atoms with Crippen molar-refractivity contribution in [3.05, 3.63) is 28.6 Å². The Labute approximate surface area is 161 Å². The van der Waals surface area contributed by atoms with Gasteiger partial charge in [0.15, 0.2) is 6.61 Å². The van der Waals surface area contributed by atoms with Gasteiger partial charge in [-0.15, -0.1) is 0 Å². The van der Waals surface area contributed by atoms with E-state index in [0.717, 1.165) is 49.2 Å². The summed E-state index contributed by atoms with van der Waals surface area (Å²) in [6.45, 7) is 9.34. The molecular formula is C21H29N3O3. The number of piperidine rings is 1. The molecule has 1 aromatic heterocycles. The number of aromatic nitrogens is 1. The zero-order chi connectivity index (χ0) is 20.0. The lowest BCUT2D eigenvalue weighted by Crippen LogP contribution is -2.44. The molecule has 2 heterocycles. The molecule has 0 radical (unpaired) electrons. The van der Waals surface area contributed by atoms with Gasteiger partial charge >= 0.3 is 5.97 Å². The number of aryl methyl sites for hydroxylation is 1. The van der Waals surface area contributed by atoms with Gasteiger partial charge in [0.2, 0.25) is 0 Å². The number of hydrogen-bond donors (Lipinski definition) is 0. The summed E-state index contributed by atoms with van der Waals surface area (Å²) < 4.78 is 7.29. The number of carbonyl (C=O) groups excluding carboxylic acids is 2. The maximum Gasteiger partial charge on any atom is 0.349 e. The second-order valence-corrected chi connectivity index (χ2v) is 7.16. The summed E-state index contributed by atoms with van der Waals surface area (Å²) in [5, 5.41) is 9.36. The molecule has 0 aliphatic carbocycles. The predicted octanol–water partition coefficient (Wildman–Crippen LogP) is 3.37. The van der Waals surface area contributed by atoms with Crippen molar-refractivity contribution in [3.63, 3.8) is 0 Å². The van der Waals surface area contributed by atoms with Crippen LogP contribution in [0, 0.1) is 25.2 Å². The molecule has 6 nitrogen and oxygen atoms in total. The van der Waals surface area contributed by atoms with Crippen LogP contribution < -0.4 is 0 Å². The van der Waals surface area contributed by atoms with Crippen molar-refractivity contribution in [3.8, 4) is 6.07 Å². The third-order valence-electron chi connectivity index (χ3n) is 5.15. The minimum Gasteiger partial charge on any atom is -0.451 e. The third kappa shape index (κ3) is 5.00. The summed E-state index contributed by atoms with van der Waals surface area (Å²) in [6, 6.07) is 4.02. The van der Waals surface area contributed by atoms with E-state index in [1.54, 1.807) is 11.0 Å². The molecule has 1 aliphatic rings. The molecule has 0 saturated carbocycles. The van der Waals surface area contributed by atoms with Crippen molar-refractivity contribution >= 4 is 18.0 Å². The Kier molecular flexibility index (Phi) is 7.23. The Morgan fingerprint density at radius 1 is 1.37 bits per heavy atom. The molecule has 1 aromatic rings. The van der Waals surface area contributed by atoms with E-state index < -0.39 is 5.97 Å². The number of carbonyl (C=O) groups is 2. The molecular weight excluding hydrogens is 342 g/mol. The van der Waals surface area contributed by atoms with Gasteiger partial charge in [-0.1, -0.05) is 6.92 Å². The molecule has 146 valence electrons. The van der Waals surface area contributed by atoms with Gasteiger partial charge in [-0.2, -0.15) is 5.26 Å². The lowest BCUT2D eigenvalue weighted by Gasteiger charge is -2.33. The maximum atomic E-state index is 12.3. The summed E-state index contributed by atoms with van der Waals surface area (Å²) >= 11 is 0.